The standard InChI is InChI=1S/C29H19NO2S3/c1-17(31)32-29-21(16-23(35-29)18-10-4-2-5-11-18)24-20-14-8-9-15-22(20)33-26(24)25-27(29)34-28(30-25)19-12-6-3-7-13-19/h2-16,27H,1H3. The van der Waals surface area contributed by atoms with Gasteiger partial charge in [0, 0.05) is 38.3 Å². The zero-order chi connectivity index (χ0) is 23.6. The Labute approximate surface area is 214 Å². The van der Waals surface area contributed by atoms with Gasteiger partial charge in [-0.15, -0.1) is 11.3 Å². The number of benzene rings is 3. The fourth-order valence-corrected chi connectivity index (χ4v) is 9.27. The zero-order valence-electron chi connectivity index (χ0n) is 18.7. The van der Waals surface area contributed by atoms with Crippen molar-refractivity contribution >= 4 is 72.1 Å². The number of nitrogens with zero attached hydrogens (tertiary/aromatic N) is 1. The molecule has 2 unspecified atom stereocenters. The monoisotopic (exact) mass is 509 g/mol. The van der Waals surface area contributed by atoms with Gasteiger partial charge in [0.2, 0.25) is 4.93 Å². The van der Waals surface area contributed by atoms with Gasteiger partial charge in [-0.3, -0.25) is 4.79 Å². The van der Waals surface area contributed by atoms with Crippen LogP contribution >= 0.6 is 34.9 Å². The Morgan fingerprint density at radius 2 is 1.60 bits per heavy atom. The zero-order valence-corrected chi connectivity index (χ0v) is 21.2. The minimum atomic E-state index is -0.881. The van der Waals surface area contributed by atoms with Gasteiger partial charge in [0.1, 0.15) is 10.3 Å². The lowest BCUT2D eigenvalue weighted by Gasteiger charge is -2.36. The summed E-state index contributed by atoms with van der Waals surface area (Å²) in [6, 6.07) is 29.1. The number of thiophene rings is 1. The van der Waals surface area contributed by atoms with Gasteiger partial charge in [-0.2, -0.15) is 0 Å². The van der Waals surface area contributed by atoms with Gasteiger partial charge in [0.05, 0.1) is 10.2 Å². The van der Waals surface area contributed by atoms with E-state index in [1.165, 1.54) is 21.5 Å². The third kappa shape index (κ3) is 3.20. The van der Waals surface area contributed by atoms with Gasteiger partial charge < -0.3 is 4.74 Å². The Morgan fingerprint density at radius 3 is 2.34 bits per heavy atom. The molecule has 3 aliphatic rings. The molecule has 3 aromatic carbocycles. The average molecular weight is 510 g/mol. The third-order valence-corrected chi connectivity index (χ3v) is 10.5. The van der Waals surface area contributed by atoms with Crippen LogP contribution in [0.15, 0.2) is 96.0 Å². The molecule has 1 aromatic heterocycles. The molecule has 6 heteroatoms. The second-order valence-electron chi connectivity index (χ2n) is 8.62. The molecule has 0 fully saturated rings. The Bertz CT molecular complexity index is 1700. The van der Waals surface area contributed by atoms with E-state index in [4.69, 9.17) is 9.73 Å². The van der Waals surface area contributed by atoms with Crippen molar-refractivity contribution in [1.82, 2.24) is 0 Å². The first-order valence-corrected chi connectivity index (χ1v) is 13.9. The number of rotatable bonds is 3. The molecule has 0 spiro atoms. The van der Waals surface area contributed by atoms with Crippen LogP contribution in [0.25, 0.3) is 26.3 Å². The molecule has 4 aromatic rings. The number of aliphatic imine (C=N–C) groups is 1. The predicted octanol–water partition coefficient (Wildman–Crippen LogP) is 5.78. The highest BCUT2D eigenvalue weighted by atomic mass is 32.2. The van der Waals surface area contributed by atoms with Crippen molar-refractivity contribution in [2.45, 2.75) is 17.1 Å². The van der Waals surface area contributed by atoms with Gasteiger partial charge in [-0.1, -0.05) is 102 Å². The first kappa shape index (κ1) is 21.2. The molecular weight excluding hydrogens is 491 g/mol. The van der Waals surface area contributed by atoms with Crippen LogP contribution in [0, 0.1) is 0 Å². The van der Waals surface area contributed by atoms with E-state index in [0.29, 0.717) is 0 Å². The number of hydrogen-bond acceptors (Lipinski definition) is 6. The summed E-state index contributed by atoms with van der Waals surface area (Å²) in [4.78, 5) is 18.0. The number of hydrogen-bond donors (Lipinski definition) is 0. The lowest BCUT2D eigenvalue weighted by atomic mass is 9.94. The summed E-state index contributed by atoms with van der Waals surface area (Å²) >= 11 is 5.13. The summed E-state index contributed by atoms with van der Waals surface area (Å²) in [5, 5.41) is 3.16. The van der Waals surface area contributed by atoms with Crippen molar-refractivity contribution in [2.75, 3.05) is 0 Å². The van der Waals surface area contributed by atoms with E-state index in [1.54, 1.807) is 34.9 Å². The van der Waals surface area contributed by atoms with Crippen LogP contribution in [0.3, 0.4) is 0 Å². The van der Waals surface area contributed by atoms with E-state index in [2.05, 4.69) is 54.6 Å². The fraction of sp³-hybridized carbons (Fsp3) is 0.103. The highest BCUT2D eigenvalue weighted by molar-refractivity contribution is 8.17. The molecule has 35 heavy (non-hydrogen) atoms. The Kier molecular flexibility index (Phi) is 4.85. The molecule has 3 heterocycles. The van der Waals surface area contributed by atoms with E-state index in [9.17, 15) is 4.79 Å². The molecule has 170 valence electrons. The lowest BCUT2D eigenvalue weighted by Crippen LogP contribution is -2.49. The Hall–Kier alpha value is -3.06. The summed E-state index contributed by atoms with van der Waals surface area (Å²) in [5.41, 5.74) is 4.28. The van der Waals surface area contributed by atoms with Crippen molar-refractivity contribution in [3.8, 4) is 0 Å². The second kappa shape index (κ2) is 7.98. The molecular formula is C29H19NO2S3. The molecule has 0 N–H and O–H groups in total. The maximum Gasteiger partial charge on any atom is 0.304 e. The minimum absolute atomic E-state index is 0.139. The van der Waals surface area contributed by atoms with Crippen LogP contribution in [-0.4, -0.2) is 21.2 Å². The van der Waals surface area contributed by atoms with E-state index in [0.717, 1.165) is 37.6 Å². The van der Waals surface area contributed by atoms with Crippen molar-refractivity contribution in [3.63, 3.8) is 0 Å². The number of fused-ring (bicyclic) bond motifs is 6. The van der Waals surface area contributed by atoms with Crippen molar-refractivity contribution in [3.05, 3.63) is 112 Å². The van der Waals surface area contributed by atoms with E-state index < -0.39 is 4.93 Å². The van der Waals surface area contributed by atoms with E-state index >= 15 is 0 Å². The molecule has 0 saturated heterocycles. The van der Waals surface area contributed by atoms with E-state index in [-0.39, 0.29) is 11.2 Å². The number of ether oxygens (including phenoxy) is 1. The Balaban J connectivity index is 1.58. The van der Waals surface area contributed by atoms with Gasteiger partial charge in [-0.25, -0.2) is 4.99 Å². The maximum absolute atomic E-state index is 12.6. The first-order valence-electron chi connectivity index (χ1n) is 11.4. The smallest absolute Gasteiger partial charge is 0.304 e. The highest BCUT2D eigenvalue weighted by Crippen LogP contribution is 2.60. The maximum atomic E-state index is 12.6. The Morgan fingerprint density at radius 1 is 0.914 bits per heavy atom. The average Bonchev–Trinajstić information content (AvgIpc) is 3.58. The molecule has 0 bridgehead atoms. The summed E-state index contributed by atoms with van der Waals surface area (Å²) in [6.45, 7) is 1.51. The molecule has 0 saturated carbocycles. The second-order valence-corrected chi connectivity index (χ2v) is 12.0. The van der Waals surface area contributed by atoms with Crippen LogP contribution in [-0.2, 0) is 9.53 Å². The molecule has 1 aliphatic carbocycles. The lowest BCUT2D eigenvalue weighted by molar-refractivity contribution is -0.145. The van der Waals surface area contributed by atoms with Crippen molar-refractivity contribution in [2.24, 2.45) is 4.99 Å². The van der Waals surface area contributed by atoms with Crippen LogP contribution in [0.1, 0.15) is 18.1 Å². The van der Waals surface area contributed by atoms with Gasteiger partial charge in [0.25, 0.3) is 0 Å². The van der Waals surface area contributed by atoms with E-state index in [1.807, 2.05) is 36.4 Å². The van der Waals surface area contributed by atoms with Crippen LogP contribution in [0.4, 0.5) is 0 Å². The minimum Gasteiger partial charge on any atom is -0.441 e. The van der Waals surface area contributed by atoms with Crippen LogP contribution in [0.2, 0.25) is 0 Å². The normalized spacial score (nSPS) is 22.4. The SMILES string of the molecule is CC(=O)OC12SC(c3ccccc3)=CC1=c1c(sc3ccccc13)=C1N=C(c3ccccc3)SC12. The highest BCUT2D eigenvalue weighted by Gasteiger charge is 2.56. The number of thioether (sulfide) groups is 2. The van der Waals surface area contributed by atoms with Crippen molar-refractivity contribution < 1.29 is 9.53 Å². The number of carbonyl (C=O) groups is 1. The summed E-state index contributed by atoms with van der Waals surface area (Å²) in [7, 11) is 0. The van der Waals surface area contributed by atoms with Crippen LogP contribution in [0.5, 0.6) is 0 Å². The molecule has 0 amide bonds. The van der Waals surface area contributed by atoms with Gasteiger partial charge in [-0.05, 0) is 17.7 Å². The topological polar surface area (TPSA) is 38.7 Å². The summed E-state index contributed by atoms with van der Waals surface area (Å²) < 4.78 is 8.75. The van der Waals surface area contributed by atoms with Gasteiger partial charge >= 0.3 is 5.97 Å². The predicted molar refractivity (Wildman–Crippen MR) is 149 cm³/mol. The summed E-state index contributed by atoms with van der Waals surface area (Å²) in [6.07, 6.45) is 2.23. The first-order chi connectivity index (χ1) is 17.1. The molecule has 7 rings (SSSR count). The third-order valence-electron chi connectivity index (χ3n) is 6.43. The fourth-order valence-electron chi connectivity index (χ4n) is 5.00. The largest absolute Gasteiger partial charge is 0.441 e. The molecule has 2 atom stereocenters. The molecule has 3 nitrogen and oxygen atoms in total. The summed E-state index contributed by atoms with van der Waals surface area (Å²) in [5.74, 6) is -0.284. The molecule has 2 aliphatic heterocycles. The van der Waals surface area contributed by atoms with Gasteiger partial charge in [0.15, 0.2) is 0 Å². The van der Waals surface area contributed by atoms with Crippen LogP contribution < -0.4 is 9.75 Å². The number of esters is 1. The number of carbonyl (C=O) groups excluding carboxylic acids is 1. The quantitative estimate of drug-likeness (QED) is 0.328. The van der Waals surface area contributed by atoms with Crippen molar-refractivity contribution in [1.29, 1.82) is 0 Å². The molecule has 0 radical (unpaired) electrons.